The van der Waals surface area contributed by atoms with E-state index in [1.807, 2.05) is 0 Å². The second-order valence-corrected chi connectivity index (χ2v) is 5.87. The molecule has 7 heteroatoms. The molecule has 1 aliphatic heterocycles. The first-order valence-electron chi connectivity index (χ1n) is 6.99. The van der Waals surface area contributed by atoms with Gasteiger partial charge in [0.1, 0.15) is 11.4 Å². The van der Waals surface area contributed by atoms with Crippen LogP contribution in [0.2, 0.25) is 5.02 Å². The van der Waals surface area contributed by atoms with Gasteiger partial charge < -0.3 is 14.8 Å². The topological polar surface area (TPSA) is 50.8 Å². The van der Waals surface area contributed by atoms with Crippen LogP contribution in [-0.2, 0) is 9.53 Å². The number of halogens is 2. The van der Waals surface area contributed by atoms with Crippen LogP contribution in [0.4, 0.5) is 10.1 Å². The Morgan fingerprint density at radius 1 is 1.50 bits per heavy atom. The largest absolute Gasteiger partial charge is 0.495 e. The van der Waals surface area contributed by atoms with Gasteiger partial charge in [-0.2, -0.15) is 0 Å². The lowest BCUT2D eigenvalue weighted by Gasteiger charge is -2.20. The van der Waals surface area contributed by atoms with Crippen molar-refractivity contribution in [3.8, 4) is 5.75 Å². The predicted octanol–water partition coefficient (Wildman–Crippen LogP) is 2.35. The van der Waals surface area contributed by atoms with Crippen LogP contribution in [0.25, 0.3) is 0 Å². The first-order chi connectivity index (χ1) is 10.5. The Labute approximate surface area is 134 Å². The van der Waals surface area contributed by atoms with E-state index >= 15 is 0 Å². The third-order valence-electron chi connectivity index (χ3n) is 3.59. The summed E-state index contributed by atoms with van der Waals surface area (Å²) in [6, 6.07) is 4.98. The highest BCUT2D eigenvalue weighted by Gasteiger charge is 2.38. The molecule has 2 rings (SSSR count). The van der Waals surface area contributed by atoms with E-state index < -0.39 is 5.67 Å². The van der Waals surface area contributed by atoms with Gasteiger partial charge in [-0.1, -0.05) is 11.6 Å². The first kappa shape index (κ1) is 17.0. The van der Waals surface area contributed by atoms with Gasteiger partial charge in [-0.15, -0.1) is 0 Å². The number of anilines is 1. The second-order valence-electron chi connectivity index (χ2n) is 5.44. The van der Waals surface area contributed by atoms with Gasteiger partial charge in [-0.3, -0.25) is 9.69 Å². The monoisotopic (exact) mass is 330 g/mol. The number of nitrogens with zero attached hydrogens (tertiary/aromatic N) is 1. The molecule has 0 aromatic heterocycles. The van der Waals surface area contributed by atoms with Gasteiger partial charge in [0.05, 0.1) is 25.9 Å². The normalized spacial score (nSPS) is 21.8. The first-order valence-corrected chi connectivity index (χ1v) is 7.37. The Kier molecular flexibility index (Phi) is 5.61. The third-order valence-corrected chi connectivity index (χ3v) is 3.82. The number of likely N-dealkylation sites (tertiary alicyclic amines) is 1. The number of alkyl halides is 1. The Morgan fingerprint density at radius 2 is 2.27 bits per heavy atom. The molecular formula is C15H20ClFN2O3. The molecule has 1 unspecified atom stereocenters. The highest BCUT2D eigenvalue weighted by atomic mass is 35.5. The Morgan fingerprint density at radius 3 is 2.95 bits per heavy atom. The Balaban J connectivity index is 1.93. The van der Waals surface area contributed by atoms with Crippen molar-refractivity contribution in [1.29, 1.82) is 0 Å². The van der Waals surface area contributed by atoms with Crippen molar-refractivity contribution in [1.82, 2.24) is 4.90 Å². The SMILES string of the molecule is COCC1(F)CCN(CC(=O)Nc2cc(Cl)ccc2OC)C1. The molecule has 1 heterocycles. The van der Waals surface area contributed by atoms with E-state index in [1.165, 1.54) is 14.2 Å². The fourth-order valence-electron chi connectivity index (χ4n) is 2.60. The number of nitrogens with one attached hydrogen (secondary N) is 1. The van der Waals surface area contributed by atoms with Crippen molar-refractivity contribution in [3.05, 3.63) is 23.2 Å². The Bertz CT molecular complexity index is 544. The minimum atomic E-state index is -1.37. The van der Waals surface area contributed by atoms with Crippen LogP contribution in [0.5, 0.6) is 5.75 Å². The summed E-state index contributed by atoms with van der Waals surface area (Å²) in [6.07, 6.45) is 0.370. The highest BCUT2D eigenvalue weighted by Crippen LogP contribution is 2.28. The number of hydrogen-bond donors (Lipinski definition) is 1. The molecule has 1 aliphatic rings. The van der Waals surface area contributed by atoms with Crippen LogP contribution in [0, 0.1) is 0 Å². The zero-order valence-corrected chi connectivity index (χ0v) is 13.5. The minimum absolute atomic E-state index is 0.0488. The summed E-state index contributed by atoms with van der Waals surface area (Å²) in [5.74, 6) is 0.292. The number of carbonyl (C=O) groups is 1. The van der Waals surface area contributed by atoms with Gasteiger partial charge in [0, 0.05) is 25.2 Å². The van der Waals surface area contributed by atoms with Crippen LogP contribution in [-0.4, -0.2) is 56.9 Å². The van der Waals surface area contributed by atoms with Crippen molar-refractivity contribution in [2.45, 2.75) is 12.1 Å². The van der Waals surface area contributed by atoms with Crippen molar-refractivity contribution < 1.29 is 18.7 Å². The predicted molar refractivity (Wildman–Crippen MR) is 83.4 cm³/mol. The number of ether oxygens (including phenoxy) is 2. The summed E-state index contributed by atoms with van der Waals surface area (Å²) in [6.45, 7) is 0.888. The molecule has 0 bridgehead atoms. The van der Waals surface area contributed by atoms with Gasteiger partial charge >= 0.3 is 0 Å². The summed E-state index contributed by atoms with van der Waals surface area (Å²) >= 11 is 5.92. The van der Waals surface area contributed by atoms with Crippen LogP contribution in [0.15, 0.2) is 18.2 Å². The van der Waals surface area contributed by atoms with E-state index in [9.17, 15) is 9.18 Å². The molecule has 122 valence electrons. The van der Waals surface area contributed by atoms with Crippen molar-refractivity contribution in [2.24, 2.45) is 0 Å². The molecule has 1 saturated heterocycles. The van der Waals surface area contributed by atoms with Gasteiger partial charge in [0.15, 0.2) is 0 Å². The quantitative estimate of drug-likeness (QED) is 0.870. The fraction of sp³-hybridized carbons (Fsp3) is 0.533. The molecule has 5 nitrogen and oxygen atoms in total. The molecule has 0 radical (unpaired) electrons. The standard InChI is InChI=1S/C15H20ClFN2O3/c1-21-10-15(17)5-6-19(9-15)8-14(20)18-12-7-11(16)3-4-13(12)22-2/h3-4,7H,5-6,8-10H2,1-2H3,(H,18,20). The average Bonchev–Trinajstić information content (AvgIpc) is 2.80. The Hall–Kier alpha value is -1.37. The maximum Gasteiger partial charge on any atom is 0.238 e. The lowest BCUT2D eigenvalue weighted by Crippen LogP contribution is -2.36. The highest BCUT2D eigenvalue weighted by molar-refractivity contribution is 6.31. The number of amides is 1. The molecule has 1 N–H and O–H groups in total. The van der Waals surface area contributed by atoms with Crippen LogP contribution >= 0.6 is 11.6 Å². The van der Waals surface area contributed by atoms with E-state index in [4.69, 9.17) is 21.1 Å². The van der Waals surface area contributed by atoms with Crippen LogP contribution in [0.1, 0.15) is 6.42 Å². The third kappa shape index (κ3) is 4.32. The molecule has 1 aromatic carbocycles. The average molecular weight is 331 g/mol. The second kappa shape index (κ2) is 7.26. The number of rotatable bonds is 6. The summed E-state index contributed by atoms with van der Waals surface area (Å²) in [7, 11) is 2.99. The number of methoxy groups -OCH3 is 2. The summed E-state index contributed by atoms with van der Waals surface area (Å²) in [4.78, 5) is 13.9. The zero-order valence-electron chi connectivity index (χ0n) is 12.7. The van der Waals surface area contributed by atoms with E-state index in [0.29, 0.717) is 29.4 Å². The summed E-state index contributed by atoms with van der Waals surface area (Å²) < 4.78 is 24.3. The maximum absolute atomic E-state index is 14.3. The smallest absolute Gasteiger partial charge is 0.238 e. The molecule has 0 saturated carbocycles. The molecule has 1 amide bonds. The van der Waals surface area contributed by atoms with E-state index in [-0.39, 0.29) is 25.6 Å². The lowest BCUT2D eigenvalue weighted by atomic mass is 10.1. The number of hydrogen-bond acceptors (Lipinski definition) is 4. The fourth-order valence-corrected chi connectivity index (χ4v) is 2.77. The van der Waals surface area contributed by atoms with Gasteiger partial charge in [-0.25, -0.2) is 4.39 Å². The minimum Gasteiger partial charge on any atom is -0.495 e. The van der Waals surface area contributed by atoms with Crippen molar-refractivity contribution in [2.75, 3.05) is 45.8 Å². The molecule has 1 fully saturated rings. The molecule has 1 atom stereocenters. The maximum atomic E-state index is 14.3. The van der Waals surface area contributed by atoms with Gasteiger partial charge in [0.25, 0.3) is 0 Å². The molecule has 0 aliphatic carbocycles. The molecule has 1 aromatic rings. The van der Waals surface area contributed by atoms with Crippen molar-refractivity contribution >= 4 is 23.2 Å². The molecule has 0 spiro atoms. The summed E-state index contributed by atoms with van der Waals surface area (Å²) in [5.41, 5.74) is -0.870. The van der Waals surface area contributed by atoms with E-state index in [2.05, 4.69) is 5.32 Å². The number of benzene rings is 1. The molecule has 22 heavy (non-hydrogen) atoms. The van der Waals surface area contributed by atoms with Gasteiger partial charge in [0.2, 0.25) is 5.91 Å². The lowest BCUT2D eigenvalue weighted by molar-refractivity contribution is -0.117. The van der Waals surface area contributed by atoms with Gasteiger partial charge in [-0.05, 0) is 24.6 Å². The van der Waals surface area contributed by atoms with Crippen LogP contribution < -0.4 is 10.1 Å². The molecular weight excluding hydrogens is 311 g/mol. The van der Waals surface area contributed by atoms with Crippen molar-refractivity contribution in [3.63, 3.8) is 0 Å². The summed E-state index contributed by atoms with van der Waals surface area (Å²) in [5, 5.41) is 3.24. The van der Waals surface area contributed by atoms with E-state index in [1.54, 1.807) is 23.1 Å². The zero-order chi connectivity index (χ0) is 16.2. The van der Waals surface area contributed by atoms with E-state index in [0.717, 1.165) is 0 Å². The van der Waals surface area contributed by atoms with Crippen LogP contribution in [0.3, 0.4) is 0 Å². The number of carbonyl (C=O) groups excluding carboxylic acids is 1.